The lowest BCUT2D eigenvalue weighted by molar-refractivity contribution is 0.0923. The Labute approximate surface area is 157 Å². The molecule has 1 saturated heterocycles. The second-order valence-electron chi connectivity index (χ2n) is 7.14. The van der Waals surface area contributed by atoms with Crippen LogP contribution in [-0.2, 0) is 0 Å². The molecule has 5 nitrogen and oxygen atoms in total. The first-order valence-corrected chi connectivity index (χ1v) is 9.14. The summed E-state index contributed by atoms with van der Waals surface area (Å²) in [5, 5.41) is 0. The van der Waals surface area contributed by atoms with Crippen LogP contribution in [0, 0.1) is 11.7 Å². The van der Waals surface area contributed by atoms with Gasteiger partial charge in [0.1, 0.15) is 0 Å². The van der Waals surface area contributed by atoms with Crippen molar-refractivity contribution >= 4 is 17.5 Å². The number of carbonyl (C=O) groups is 2. The van der Waals surface area contributed by atoms with Gasteiger partial charge in [-0.25, -0.2) is 9.29 Å². The molecular formula is C21H21FN2O3. The Morgan fingerprint density at radius 3 is 2.26 bits per heavy atom. The van der Waals surface area contributed by atoms with E-state index in [9.17, 15) is 14.0 Å². The van der Waals surface area contributed by atoms with Gasteiger partial charge in [-0.15, -0.1) is 0 Å². The van der Waals surface area contributed by atoms with Gasteiger partial charge in [0.25, 0.3) is 11.8 Å². The predicted molar refractivity (Wildman–Crippen MR) is 99.7 cm³/mol. The van der Waals surface area contributed by atoms with Crippen LogP contribution in [-0.4, -0.2) is 43.5 Å². The first-order chi connectivity index (χ1) is 13.1. The molecule has 0 atom stereocenters. The minimum absolute atomic E-state index is 0.0362. The normalized spacial score (nSPS) is 18.1. The van der Waals surface area contributed by atoms with Crippen molar-refractivity contribution in [2.24, 2.45) is 5.92 Å². The quantitative estimate of drug-likeness (QED) is 0.777. The van der Waals surface area contributed by atoms with Crippen molar-refractivity contribution in [1.82, 2.24) is 4.90 Å². The minimum Gasteiger partial charge on any atom is -0.488 e. The number of para-hydroxylation sites is 1. The van der Waals surface area contributed by atoms with Crippen LogP contribution in [0.4, 0.5) is 10.1 Å². The molecule has 0 aromatic heterocycles. The number of imide groups is 1. The summed E-state index contributed by atoms with van der Waals surface area (Å²) in [5.74, 6) is -1.19. The van der Waals surface area contributed by atoms with E-state index in [1.165, 1.54) is 12.1 Å². The van der Waals surface area contributed by atoms with Gasteiger partial charge in [-0.1, -0.05) is 18.2 Å². The second kappa shape index (κ2) is 7.12. The van der Waals surface area contributed by atoms with E-state index in [-0.39, 0.29) is 11.4 Å². The Morgan fingerprint density at radius 1 is 1.00 bits per heavy atom. The number of benzene rings is 2. The van der Waals surface area contributed by atoms with E-state index in [1.54, 1.807) is 30.3 Å². The van der Waals surface area contributed by atoms with E-state index in [0.717, 1.165) is 30.8 Å². The van der Waals surface area contributed by atoms with Crippen LogP contribution < -0.4 is 9.64 Å². The lowest BCUT2D eigenvalue weighted by Crippen LogP contribution is -2.33. The Morgan fingerprint density at radius 2 is 1.63 bits per heavy atom. The number of anilines is 1. The van der Waals surface area contributed by atoms with Gasteiger partial charge < -0.3 is 9.64 Å². The summed E-state index contributed by atoms with van der Waals surface area (Å²) in [6.07, 6.45) is 1.96. The lowest BCUT2D eigenvalue weighted by atomic mass is 9.98. The largest absolute Gasteiger partial charge is 0.488 e. The van der Waals surface area contributed by atoms with Gasteiger partial charge >= 0.3 is 0 Å². The Bertz CT molecular complexity index is 856. The Hall–Kier alpha value is -2.73. The van der Waals surface area contributed by atoms with Gasteiger partial charge in [0.15, 0.2) is 11.6 Å². The summed E-state index contributed by atoms with van der Waals surface area (Å²) in [5.41, 5.74) is 0.815. The fourth-order valence-corrected chi connectivity index (χ4v) is 3.65. The van der Waals surface area contributed by atoms with Crippen LogP contribution in [0.3, 0.4) is 0 Å². The molecule has 2 amide bonds. The number of piperidine rings is 1. The molecule has 140 valence electrons. The number of carbonyl (C=O) groups excluding carboxylic acids is 2. The Balaban J connectivity index is 1.60. The molecule has 2 heterocycles. The van der Waals surface area contributed by atoms with Gasteiger partial charge in [0.05, 0.1) is 23.4 Å². The number of rotatable bonds is 4. The summed E-state index contributed by atoms with van der Waals surface area (Å²) < 4.78 is 20.3. The van der Waals surface area contributed by atoms with Gasteiger partial charge in [-0.2, -0.15) is 0 Å². The number of hydrogen-bond acceptors (Lipinski definition) is 4. The number of likely N-dealkylation sites (tertiary alicyclic amines) is 1. The number of fused-ring (bicyclic) bond motifs is 1. The lowest BCUT2D eigenvalue weighted by Gasteiger charge is -2.29. The number of amides is 2. The number of halogens is 1. The van der Waals surface area contributed by atoms with Crippen molar-refractivity contribution in [2.45, 2.75) is 12.8 Å². The number of ether oxygens (including phenoxy) is 1. The van der Waals surface area contributed by atoms with E-state index in [1.807, 2.05) is 0 Å². The highest BCUT2D eigenvalue weighted by molar-refractivity contribution is 6.34. The molecule has 27 heavy (non-hydrogen) atoms. The zero-order valence-corrected chi connectivity index (χ0v) is 15.2. The van der Waals surface area contributed by atoms with Gasteiger partial charge in [-0.05, 0) is 63.2 Å². The highest BCUT2D eigenvalue weighted by Crippen LogP contribution is 2.37. The molecular weight excluding hydrogens is 347 g/mol. The maximum Gasteiger partial charge on any atom is 0.266 e. The van der Waals surface area contributed by atoms with Crippen molar-refractivity contribution in [3.05, 3.63) is 59.4 Å². The maximum absolute atomic E-state index is 14.5. The van der Waals surface area contributed by atoms with Crippen molar-refractivity contribution < 1.29 is 18.7 Å². The third-order valence-corrected chi connectivity index (χ3v) is 5.28. The van der Waals surface area contributed by atoms with Crippen LogP contribution in [0.25, 0.3) is 0 Å². The predicted octanol–water partition coefficient (Wildman–Crippen LogP) is 3.35. The summed E-state index contributed by atoms with van der Waals surface area (Å²) in [6.45, 7) is 2.33. The molecule has 0 radical (unpaired) electrons. The molecule has 6 heteroatoms. The van der Waals surface area contributed by atoms with E-state index in [2.05, 4.69) is 11.9 Å². The van der Waals surface area contributed by atoms with Gasteiger partial charge in [-0.3, -0.25) is 9.59 Å². The van der Waals surface area contributed by atoms with Crippen molar-refractivity contribution in [2.75, 3.05) is 31.6 Å². The van der Waals surface area contributed by atoms with Crippen molar-refractivity contribution in [3.8, 4) is 5.75 Å². The third-order valence-electron chi connectivity index (χ3n) is 5.28. The number of nitrogens with zero attached hydrogens (tertiary/aromatic N) is 2. The summed E-state index contributed by atoms with van der Waals surface area (Å²) >= 11 is 0. The molecule has 2 aliphatic heterocycles. The first kappa shape index (κ1) is 17.7. The van der Waals surface area contributed by atoms with Crippen LogP contribution in [0.15, 0.2) is 42.5 Å². The Kier molecular flexibility index (Phi) is 4.66. The fourth-order valence-electron chi connectivity index (χ4n) is 3.65. The summed E-state index contributed by atoms with van der Waals surface area (Å²) in [6, 6.07) is 10.9. The molecule has 4 rings (SSSR count). The molecule has 0 saturated carbocycles. The molecule has 0 aliphatic carbocycles. The molecule has 0 N–H and O–H groups in total. The van der Waals surface area contributed by atoms with Gasteiger partial charge in [0.2, 0.25) is 0 Å². The standard InChI is InChI=1S/C21H21FN2O3/c1-23-11-9-14(10-12-23)13-27-19-17(22)7-4-8-18(19)24-20(25)15-5-2-3-6-16(15)21(24)26/h2-8,14H,9-13H2,1H3. The van der Waals surface area contributed by atoms with E-state index in [0.29, 0.717) is 23.7 Å². The van der Waals surface area contributed by atoms with Crippen LogP contribution >= 0.6 is 0 Å². The minimum atomic E-state index is -0.572. The average Bonchev–Trinajstić information content (AvgIpc) is 2.93. The molecule has 1 fully saturated rings. The van der Waals surface area contributed by atoms with Crippen LogP contribution in [0.5, 0.6) is 5.75 Å². The van der Waals surface area contributed by atoms with E-state index < -0.39 is 17.6 Å². The SMILES string of the molecule is CN1CCC(COc2c(F)cccc2N2C(=O)c3ccccc3C2=O)CC1. The molecule has 0 unspecified atom stereocenters. The van der Waals surface area contributed by atoms with E-state index in [4.69, 9.17) is 4.74 Å². The first-order valence-electron chi connectivity index (χ1n) is 9.14. The smallest absolute Gasteiger partial charge is 0.266 e. The fraction of sp³-hybridized carbons (Fsp3) is 0.333. The summed E-state index contributed by atoms with van der Waals surface area (Å²) in [4.78, 5) is 28.7. The van der Waals surface area contributed by atoms with Crippen molar-refractivity contribution in [1.29, 1.82) is 0 Å². The maximum atomic E-state index is 14.5. The summed E-state index contributed by atoms with van der Waals surface area (Å²) in [7, 11) is 2.08. The highest BCUT2D eigenvalue weighted by Gasteiger charge is 2.38. The molecule has 0 spiro atoms. The molecule has 2 aliphatic rings. The van der Waals surface area contributed by atoms with Crippen molar-refractivity contribution in [3.63, 3.8) is 0 Å². The molecule has 0 bridgehead atoms. The highest BCUT2D eigenvalue weighted by atomic mass is 19.1. The zero-order valence-electron chi connectivity index (χ0n) is 15.2. The number of hydrogen-bond donors (Lipinski definition) is 0. The second-order valence-corrected chi connectivity index (χ2v) is 7.14. The molecule has 2 aromatic rings. The third kappa shape index (κ3) is 3.21. The molecule has 2 aromatic carbocycles. The zero-order chi connectivity index (χ0) is 19.0. The van der Waals surface area contributed by atoms with E-state index >= 15 is 0 Å². The topological polar surface area (TPSA) is 49.9 Å². The van der Waals surface area contributed by atoms with Crippen LogP contribution in [0.1, 0.15) is 33.6 Å². The average molecular weight is 368 g/mol. The monoisotopic (exact) mass is 368 g/mol. The van der Waals surface area contributed by atoms with Gasteiger partial charge in [0, 0.05) is 0 Å². The van der Waals surface area contributed by atoms with Crippen LogP contribution in [0.2, 0.25) is 0 Å².